The van der Waals surface area contributed by atoms with E-state index in [1.165, 1.54) is 11.1 Å². The van der Waals surface area contributed by atoms with Crippen LogP contribution in [0.25, 0.3) is 0 Å². The summed E-state index contributed by atoms with van der Waals surface area (Å²) in [5.41, 5.74) is 2.56. The molecule has 110 valence electrons. The molecule has 1 fully saturated rings. The van der Waals surface area contributed by atoms with Gasteiger partial charge in [0, 0.05) is 32.0 Å². The number of hydrogen-bond acceptors (Lipinski definition) is 2. The number of aryl methyl sites for hydroxylation is 1. The first-order valence-electron chi connectivity index (χ1n) is 7.61. The predicted octanol–water partition coefficient (Wildman–Crippen LogP) is 2.58. The van der Waals surface area contributed by atoms with Gasteiger partial charge in [0.2, 0.25) is 5.91 Å². The van der Waals surface area contributed by atoms with E-state index in [9.17, 15) is 4.79 Å². The molecule has 0 aliphatic carbocycles. The van der Waals surface area contributed by atoms with Crippen LogP contribution in [-0.2, 0) is 11.2 Å². The van der Waals surface area contributed by atoms with Gasteiger partial charge in [-0.15, -0.1) is 0 Å². The third-order valence-corrected chi connectivity index (χ3v) is 4.33. The maximum absolute atomic E-state index is 12.3. The quantitative estimate of drug-likeness (QED) is 0.897. The molecule has 20 heavy (non-hydrogen) atoms. The summed E-state index contributed by atoms with van der Waals surface area (Å²) in [6.07, 6.45) is 2.54. The van der Waals surface area contributed by atoms with Crippen molar-refractivity contribution in [3.8, 4) is 0 Å². The second kappa shape index (κ2) is 6.89. The fourth-order valence-electron chi connectivity index (χ4n) is 2.80. The van der Waals surface area contributed by atoms with E-state index >= 15 is 0 Å². The van der Waals surface area contributed by atoms with Gasteiger partial charge in [-0.2, -0.15) is 0 Å². The molecule has 1 aromatic carbocycles. The number of carbonyl (C=O) groups is 1. The van der Waals surface area contributed by atoms with Gasteiger partial charge in [-0.3, -0.25) is 4.79 Å². The van der Waals surface area contributed by atoms with Crippen LogP contribution in [0.5, 0.6) is 0 Å². The summed E-state index contributed by atoms with van der Waals surface area (Å²) < 4.78 is 0. The number of hydrogen-bond donors (Lipinski definition) is 1. The van der Waals surface area contributed by atoms with Crippen LogP contribution in [0.2, 0.25) is 0 Å². The van der Waals surface area contributed by atoms with Crippen molar-refractivity contribution >= 4 is 5.91 Å². The van der Waals surface area contributed by atoms with Crippen molar-refractivity contribution in [3.05, 3.63) is 35.4 Å². The molecular weight excluding hydrogens is 250 g/mol. The minimum atomic E-state index is 0.192. The zero-order valence-electron chi connectivity index (χ0n) is 12.5. The van der Waals surface area contributed by atoms with Gasteiger partial charge in [-0.1, -0.05) is 38.1 Å². The van der Waals surface area contributed by atoms with E-state index in [4.69, 9.17) is 5.11 Å². The van der Waals surface area contributed by atoms with Gasteiger partial charge >= 0.3 is 0 Å². The van der Waals surface area contributed by atoms with Gasteiger partial charge < -0.3 is 10.0 Å². The summed E-state index contributed by atoms with van der Waals surface area (Å²) >= 11 is 0. The van der Waals surface area contributed by atoms with Crippen molar-refractivity contribution in [1.29, 1.82) is 0 Å². The number of carbonyl (C=O) groups excluding carboxylic acids is 1. The molecule has 3 nitrogen and oxygen atoms in total. The Morgan fingerprint density at radius 3 is 2.65 bits per heavy atom. The highest BCUT2D eigenvalue weighted by atomic mass is 16.3. The highest BCUT2D eigenvalue weighted by Gasteiger charge is 2.26. The number of rotatable bonds is 5. The van der Waals surface area contributed by atoms with Crippen molar-refractivity contribution in [1.82, 2.24) is 4.90 Å². The Morgan fingerprint density at radius 2 is 2.10 bits per heavy atom. The largest absolute Gasteiger partial charge is 0.396 e. The zero-order chi connectivity index (χ0) is 14.5. The van der Waals surface area contributed by atoms with E-state index in [0.717, 1.165) is 25.9 Å². The minimum Gasteiger partial charge on any atom is -0.396 e. The van der Waals surface area contributed by atoms with Crippen LogP contribution >= 0.6 is 0 Å². The minimum absolute atomic E-state index is 0.192. The summed E-state index contributed by atoms with van der Waals surface area (Å²) in [6, 6.07) is 8.57. The zero-order valence-corrected chi connectivity index (χ0v) is 12.5. The van der Waals surface area contributed by atoms with Crippen molar-refractivity contribution in [2.24, 2.45) is 5.92 Å². The second-order valence-corrected chi connectivity index (χ2v) is 5.88. The molecule has 1 aromatic rings. The summed E-state index contributed by atoms with van der Waals surface area (Å²) in [5, 5.41) is 9.14. The number of nitrogens with zero attached hydrogens (tertiary/aromatic N) is 1. The maximum atomic E-state index is 12.3. The molecule has 1 aliphatic rings. The Labute approximate surface area is 121 Å². The third kappa shape index (κ3) is 3.60. The lowest BCUT2D eigenvalue weighted by molar-refractivity contribution is -0.130. The molecule has 2 atom stereocenters. The molecule has 2 rings (SSSR count). The molecule has 0 aromatic heterocycles. The van der Waals surface area contributed by atoms with E-state index < -0.39 is 0 Å². The van der Waals surface area contributed by atoms with Crippen LogP contribution < -0.4 is 0 Å². The molecule has 3 heteroatoms. The van der Waals surface area contributed by atoms with Crippen molar-refractivity contribution in [2.75, 3.05) is 19.7 Å². The number of aliphatic hydroxyl groups excluding tert-OH is 1. The third-order valence-electron chi connectivity index (χ3n) is 4.33. The van der Waals surface area contributed by atoms with E-state index in [1.54, 1.807) is 0 Å². The Bertz CT molecular complexity index is 441. The van der Waals surface area contributed by atoms with Crippen LogP contribution in [-0.4, -0.2) is 35.6 Å². The Kier molecular flexibility index (Phi) is 5.18. The summed E-state index contributed by atoms with van der Waals surface area (Å²) in [5.74, 6) is 0.743. The lowest BCUT2D eigenvalue weighted by Gasteiger charge is -2.19. The molecule has 1 aliphatic heterocycles. The lowest BCUT2D eigenvalue weighted by atomic mass is 9.96. The number of benzene rings is 1. The first-order valence-corrected chi connectivity index (χ1v) is 7.61. The van der Waals surface area contributed by atoms with Crippen molar-refractivity contribution in [3.63, 3.8) is 0 Å². The van der Waals surface area contributed by atoms with Crippen LogP contribution in [0.4, 0.5) is 0 Å². The van der Waals surface area contributed by atoms with Crippen molar-refractivity contribution in [2.45, 2.75) is 39.0 Å². The normalized spacial score (nSPS) is 20.1. The SMILES string of the molecule is CCc1ccc(C(C)CC(=O)N2CCC(CO)C2)cc1. The Morgan fingerprint density at radius 1 is 1.40 bits per heavy atom. The van der Waals surface area contributed by atoms with Gasteiger partial charge in [0.1, 0.15) is 0 Å². The fourth-order valence-corrected chi connectivity index (χ4v) is 2.80. The van der Waals surface area contributed by atoms with E-state index in [2.05, 4.69) is 38.1 Å². The van der Waals surface area contributed by atoms with Crippen molar-refractivity contribution < 1.29 is 9.90 Å². The standard InChI is InChI=1S/C17H25NO2/c1-3-14-4-6-16(7-5-14)13(2)10-17(20)18-9-8-15(11-18)12-19/h4-7,13,15,19H,3,8-12H2,1-2H3. The smallest absolute Gasteiger partial charge is 0.223 e. The van der Waals surface area contributed by atoms with Gasteiger partial charge in [-0.25, -0.2) is 0 Å². The molecule has 1 amide bonds. The molecule has 0 radical (unpaired) electrons. The van der Waals surface area contributed by atoms with Gasteiger partial charge in [0.25, 0.3) is 0 Å². The van der Waals surface area contributed by atoms with Gasteiger partial charge in [0.15, 0.2) is 0 Å². The lowest BCUT2D eigenvalue weighted by Crippen LogP contribution is -2.29. The Balaban J connectivity index is 1.90. The maximum Gasteiger partial charge on any atom is 0.223 e. The topological polar surface area (TPSA) is 40.5 Å². The molecule has 0 spiro atoms. The molecular formula is C17H25NO2. The fraction of sp³-hybridized carbons (Fsp3) is 0.588. The van der Waals surface area contributed by atoms with Gasteiger partial charge in [0.05, 0.1) is 0 Å². The second-order valence-electron chi connectivity index (χ2n) is 5.88. The monoisotopic (exact) mass is 275 g/mol. The number of aliphatic hydroxyl groups is 1. The van der Waals surface area contributed by atoms with E-state index in [-0.39, 0.29) is 24.3 Å². The van der Waals surface area contributed by atoms with E-state index in [1.807, 2.05) is 4.90 Å². The van der Waals surface area contributed by atoms with E-state index in [0.29, 0.717) is 6.42 Å². The first kappa shape index (κ1) is 15.0. The highest BCUT2D eigenvalue weighted by molar-refractivity contribution is 5.77. The highest BCUT2D eigenvalue weighted by Crippen LogP contribution is 2.23. The van der Waals surface area contributed by atoms with Gasteiger partial charge in [-0.05, 0) is 29.9 Å². The average Bonchev–Trinajstić information content (AvgIpc) is 2.96. The van der Waals surface area contributed by atoms with Crippen LogP contribution in [0.3, 0.4) is 0 Å². The van der Waals surface area contributed by atoms with Crippen LogP contribution in [0.15, 0.2) is 24.3 Å². The molecule has 0 saturated carbocycles. The molecule has 1 N–H and O–H groups in total. The average molecular weight is 275 g/mol. The first-order chi connectivity index (χ1) is 9.63. The number of amides is 1. The summed E-state index contributed by atoms with van der Waals surface area (Å²) in [6.45, 7) is 5.96. The Hall–Kier alpha value is -1.35. The summed E-state index contributed by atoms with van der Waals surface area (Å²) in [4.78, 5) is 14.2. The molecule has 1 heterocycles. The van der Waals surface area contributed by atoms with Crippen LogP contribution in [0, 0.1) is 5.92 Å². The summed E-state index contributed by atoms with van der Waals surface area (Å²) in [7, 11) is 0. The molecule has 1 saturated heterocycles. The van der Waals surface area contributed by atoms with Crippen LogP contribution in [0.1, 0.15) is 43.7 Å². The molecule has 0 bridgehead atoms. The number of likely N-dealkylation sites (tertiary alicyclic amines) is 1. The molecule has 2 unspecified atom stereocenters. The predicted molar refractivity (Wildman–Crippen MR) is 80.6 cm³/mol.